The summed E-state index contributed by atoms with van der Waals surface area (Å²) in [5.41, 5.74) is 0. The molecule has 0 fully saturated rings. The van der Waals surface area contributed by atoms with Gasteiger partial charge in [-0.1, -0.05) is 12.8 Å². The Hall–Kier alpha value is -1.59. The summed E-state index contributed by atoms with van der Waals surface area (Å²) in [4.78, 5) is 32.6. The molecule has 0 saturated carbocycles. The summed E-state index contributed by atoms with van der Waals surface area (Å²) >= 11 is 0. The average Bonchev–Trinajstić information content (AvgIpc) is 2.39. The van der Waals surface area contributed by atoms with Gasteiger partial charge in [-0.2, -0.15) is 0 Å². The molecule has 0 heterocycles. The van der Waals surface area contributed by atoms with Gasteiger partial charge in [-0.05, 0) is 12.8 Å². The highest BCUT2D eigenvalue weighted by atomic mass is 16.6. The molecule has 0 unspecified atom stereocenters. The average molecular weight is 260 g/mol. The van der Waals surface area contributed by atoms with Crippen LogP contribution in [-0.2, 0) is 28.6 Å². The summed E-state index contributed by atoms with van der Waals surface area (Å²) in [6.07, 6.45) is 3.81. The number of esters is 3. The van der Waals surface area contributed by atoms with E-state index in [1.807, 2.05) is 0 Å². The first-order valence-electron chi connectivity index (χ1n) is 5.89. The quantitative estimate of drug-likeness (QED) is 0.352. The van der Waals surface area contributed by atoms with Crippen LogP contribution in [0.15, 0.2) is 0 Å². The van der Waals surface area contributed by atoms with Gasteiger partial charge in [0, 0.05) is 12.8 Å². The van der Waals surface area contributed by atoms with Gasteiger partial charge in [0.25, 0.3) is 0 Å². The van der Waals surface area contributed by atoms with E-state index in [2.05, 4.69) is 14.2 Å². The Labute approximate surface area is 107 Å². The summed E-state index contributed by atoms with van der Waals surface area (Å²) < 4.78 is 13.5. The lowest BCUT2D eigenvalue weighted by Crippen LogP contribution is -2.14. The molecule has 0 bridgehead atoms. The standard InChI is InChI=1S/C12H20O6/c1-16-10(13)7-5-3-4-6-8-11(14)18-9-12(15)17-2/h3-9H2,1-2H3. The van der Waals surface area contributed by atoms with Crippen molar-refractivity contribution in [3.05, 3.63) is 0 Å². The van der Waals surface area contributed by atoms with Gasteiger partial charge < -0.3 is 14.2 Å². The topological polar surface area (TPSA) is 78.9 Å². The Bertz CT molecular complexity index is 274. The van der Waals surface area contributed by atoms with Crippen LogP contribution in [0.1, 0.15) is 38.5 Å². The first-order chi connectivity index (χ1) is 8.60. The van der Waals surface area contributed by atoms with Gasteiger partial charge >= 0.3 is 17.9 Å². The SMILES string of the molecule is COC(=O)CCCCCCC(=O)OCC(=O)OC. The number of carbonyl (C=O) groups excluding carboxylic acids is 3. The number of hydrogen-bond acceptors (Lipinski definition) is 6. The fraction of sp³-hybridized carbons (Fsp3) is 0.750. The molecule has 0 aliphatic heterocycles. The zero-order valence-corrected chi connectivity index (χ0v) is 10.9. The molecular weight excluding hydrogens is 240 g/mol. The van der Waals surface area contributed by atoms with E-state index in [0.29, 0.717) is 12.8 Å². The highest BCUT2D eigenvalue weighted by Gasteiger charge is 2.07. The van der Waals surface area contributed by atoms with Crippen molar-refractivity contribution in [2.45, 2.75) is 38.5 Å². The first kappa shape index (κ1) is 16.4. The molecule has 6 heteroatoms. The van der Waals surface area contributed by atoms with Gasteiger partial charge in [-0.3, -0.25) is 9.59 Å². The van der Waals surface area contributed by atoms with Gasteiger partial charge in [0.05, 0.1) is 14.2 Å². The molecule has 0 saturated heterocycles. The van der Waals surface area contributed by atoms with E-state index in [4.69, 9.17) is 0 Å². The van der Waals surface area contributed by atoms with Gasteiger partial charge in [0.1, 0.15) is 0 Å². The lowest BCUT2D eigenvalue weighted by molar-refractivity contribution is -0.157. The van der Waals surface area contributed by atoms with Crippen molar-refractivity contribution in [1.29, 1.82) is 0 Å². The highest BCUT2D eigenvalue weighted by Crippen LogP contribution is 2.06. The second-order valence-electron chi connectivity index (χ2n) is 3.73. The fourth-order valence-corrected chi connectivity index (χ4v) is 1.26. The van der Waals surface area contributed by atoms with E-state index in [1.165, 1.54) is 14.2 Å². The van der Waals surface area contributed by atoms with E-state index < -0.39 is 11.9 Å². The molecule has 0 aromatic carbocycles. The van der Waals surface area contributed by atoms with Gasteiger partial charge in [-0.15, -0.1) is 0 Å². The fourth-order valence-electron chi connectivity index (χ4n) is 1.26. The maximum atomic E-state index is 11.1. The molecule has 0 aromatic rings. The van der Waals surface area contributed by atoms with Crippen molar-refractivity contribution in [3.8, 4) is 0 Å². The number of hydrogen-bond donors (Lipinski definition) is 0. The number of rotatable bonds is 9. The third kappa shape index (κ3) is 9.62. The molecule has 6 nitrogen and oxygen atoms in total. The highest BCUT2D eigenvalue weighted by molar-refractivity contribution is 5.76. The second kappa shape index (κ2) is 10.6. The van der Waals surface area contributed by atoms with Crippen LogP contribution in [0.25, 0.3) is 0 Å². The predicted octanol–water partition coefficient (Wildman–Crippen LogP) is 1.22. The van der Waals surface area contributed by atoms with Crippen molar-refractivity contribution in [2.24, 2.45) is 0 Å². The van der Waals surface area contributed by atoms with Crippen molar-refractivity contribution in [1.82, 2.24) is 0 Å². The number of unbranched alkanes of at least 4 members (excludes halogenated alkanes) is 3. The molecule has 0 atom stereocenters. The Morgan fingerprint density at radius 2 is 1.22 bits per heavy atom. The summed E-state index contributed by atoms with van der Waals surface area (Å²) in [5, 5.41) is 0. The third-order valence-corrected chi connectivity index (χ3v) is 2.32. The van der Waals surface area contributed by atoms with Crippen LogP contribution in [0.4, 0.5) is 0 Å². The Balaban J connectivity index is 3.35. The molecule has 0 rings (SSSR count). The molecule has 0 aliphatic carbocycles. The van der Waals surface area contributed by atoms with Gasteiger partial charge in [-0.25, -0.2) is 4.79 Å². The molecule has 0 aromatic heterocycles. The predicted molar refractivity (Wildman–Crippen MR) is 62.7 cm³/mol. The minimum absolute atomic E-state index is 0.215. The monoisotopic (exact) mass is 260 g/mol. The molecule has 0 N–H and O–H groups in total. The van der Waals surface area contributed by atoms with Crippen molar-refractivity contribution < 1.29 is 28.6 Å². The maximum Gasteiger partial charge on any atom is 0.344 e. The van der Waals surface area contributed by atoms with E-state index in [-0.39, 0.29) is 19.0 Å². The third-order valence-electron chi connectivity index (χ3n) is 2.32. The number of methoxy groups -OCH3 is 2. The summed E-state index contributed by atoms with van der Waals surface area (Å²) in [5.74, 6) is -1.19. The minimum atomic E-state index is -0.568. The largest absolute Gasteiger partial charge is 0.469 e. The summed E-state index contributed by atoms with van der Waals surface area (Å²) in [6.45, 7) is -0.336. The minimum Gasteiger partial charge on any atom is -0.469 e. The lowest BCUT2D eigenvalue weighted by atomic mass is 10.1. The first-order valence-corrected chi connectivity index (χ1v) is 5.89. The smallest absolute Gasteiger partial charge is 0.344 e. The molecule has 0 radical (unpaired) electrons. The molecule has 18 heavy (non-hydrogen) atoms. The maximum absolute atomic E-state index is 11.1. The van der Waals surface area contributed by atoms with Crippen LogP contribution in [0, 0.1) is 0 Å². The van der Waals surface area contributed by atoms with Crippen molar-refractivity contribution >= 4 is 17.9 Å². The molecule has 0 spiro atoms. The van der Waals surface area contributed by atoms with E-state index >= 15 is 0 Å². The molecule has 0 aliphatic rings. The van der Waals surface area contributed by atoms with Crippen LogP contribution in [0.3, 0.4) is 0 Å². The Morgan fingerprint density at radius 1 is 0.722 bits per heavy atom. The Kier molecular flexibility index (Phi) is 9.62. The summed E-state index contributed by atoms with van der Waals surface area (Å²) in [7, 11) is 2.59. The van der Waals surface area contributed by atoms with Crippen LogP contribution < -0.4 is 0 Å². The Morgan fingerprint density at radius 3 is 1.72 bits per heavy atom. The molecule has 104 valence electrons. The van der Waals surface area contributed by atoms with Gasteiger partial charge in [0.15, 0.2) is 6.61 Å². The van der Waals surface area contributed by atoms with Crippen molar-refractivity contribution in [2.75, 3.05) is 20.8 Å². The van der Waals surface area contributed by atoms with E-state index in [0.717, 1.165) is 19.3 Å². The van der Waals surface area contributed by atoms with E-state index in [9.17, 15) is 14.4 Å². The van der Waals surface area contributed by atoms with Crippen LogP contribution in [0.5, 0.6) is 0 Å². The van der Waals surface area contributed by atoms with E-state index in [1.54, 1.807) is 0 Å². The second-order valence-corrected chi connectivity index (χ2v) is 3.73. The zero-order valence-electron chi connectivity index (χ0n) is 10.9. The van der Waals surface area contributed by atoms with Crippen LogP contribution in [-0.4, -0.2) is 38.7 Å². The summed E-state index contributed by atoms with van der Waals surface area (Å²) in [6, 6.07) is 0. The van der Waals surface area contributed by atoms with Crippen LogP contribution >= 0.6 is 0 Å². The number of carbonyl (C=O) groups is 3. The normalized spacial score (nSPS) is 9.67. The van der Waals surface area contributed by atoms with Crippen LogP contribution in [0.2, 0.25) is 0 Å². The van der Waals surface area contributed by atoms with Crippen molar-refractivity contribution in [3.63, 3.8) is 0 Å². The van der Waals surface area contributed by atoms with Gasteiger partial charge in [0.2, 0.25) is 0 Å². The lowest BCUT2D eigenvalue weighted by Gasteiger charge is -2.03. The molecule has 0 amide bonds. The number of ether oxygens (including phenoxy) is 3. The molecular formula is C12H20O6. The zero-order chi connectivity index (χ0) is 13.8.